The number of nitrogens with one attached hydrogen (secondary N) is 1. The third kappa shape index (κ3) is 6.37. The quantitative estimate of drug-likeness (QED) is 0.505. The third-order valence-corrected chi connectivity index (χ3v) is 4.76. The summed E-state index contributed by atoms with van der Waals surface area (Å²) in [5.41, 5.74) is 4.32. The molecule has 2 aromatic carbocycles. The maximum Gasteiger partial charge on any atom is 0.250 e. The highest BCUT2D eigenvalue weighted by atomic mass is 35.5. The van der Waals surface area contributed by atoms with Gasteiger partial charge in [0.15, 0.2) is 11.5 Å². The van der Waals surface area contributed by atoms with Crippen LogP contribution >= 0.6 is 23.4 Å². The summed E-state index contributed by atoms with van der Waals surface area (Å²) in [5, 5.41) is 4.67. The van der Waals surface area contributed by atoms with Crippen molar-refractivity contribution in [1.82, 2.24) is 5.43 Å². The van der Waals surface area contributed by atoms with Crippen LogP contribution in [0.2, 0.25) is 5.02 Å². The van der Waals surface area contributed by atoms with Crippen LogP contribution in [0.5, 0.6) is 17.2 Å². The first-order valence-electron chi connectivity index (χ1n) is 8.01. The van der Waals surface area contributed by atoms with Gasteiger partial charge in [-0.25, -0.2) is 5.43 Å². The van der Waals surface area contributed by atoms with Gasteiger partial charge in [-0.2, -0.15) is 5.10 Å². The minimum Gasteiger partial charge on any atom is -0.493 e. The Morgan fingerprint density at radius 2 is 1.74 bits per heavy atom. The number of hydrogen-bond donors (Lipinski definition) is 1. The Balaban J connectivity index is 1.87. The molecule has 2 aromatic rings. The largest absolute Gasteiger partial charge is 0.493 e. The van der Waals surface area contributed by atoms with Gasteiger partial charge in [0.25, 0.3) is 0 Å². The molecule has 0 spiro atoms. The lowest BCUT2D eigenvalue weighted by molar-refractivity contribution is -0.118. The van der Waals surface area contributed by atoms with Gasteiger partial charge in [-0.1, -0.05) is 23.7 Å². The van der Waals surface area contributed by atoms with Crippen LogP contribution < -0.4 is 19.6 Å². The molecule has 144 valence electrons. The molecular formula is C19H21ClN2O4S. The van der Waals surface area contributed by atoms with E-state index in [4.69, 9.17) is 25.8 Å². The first kappa shape index (κ1) is 20.9. The summed E-state index contributed by atoms with van der Waals surface area (Å²) in [4.78, 5) is 11.9. The van der Waals surface area contributed by atoms with Crippen LogP contribution in [-0.4, -0.2) is 39.2 Å². The molecule has 6 nitrogen and oxygen atoms in total. The Morgan fingerprint density at radius 1 is 1.11 bits per heavy atom. The third-order valence-electron chi connectivity index (χ3n) is 3.51. The molecule has 1 amide bonds. The summed E-state index contributed by atoms with van der Waals surface area (Å²) in [7, 11) is 4.62. The zero-order valence-corrected chi connectivity index (χ0v) is 16.9. The van der Waals surface area contributed by atoms with Crippen molar-refractivity contribution in [2.45, 2.75) is 5.75 Å². The average Bonchev–Trinajstić information content (AvgIpc) is 2.68. The van der Waals surface area contributed by atoms with E-state index in [9.17, 15) is 4.79 Å². The van der Waals surface area contributed by atoms with E-state index in [-0.39, 0.29) is 5.91 Å². The zero-order chi connectivity index (χ0) is 19.6. The molecule has 0 atom stereocenters. The van der Waals surface area contributed by atoms with Crippen molar-refractivity contribution in [3.8, 4) is 17.2 Å². The second kappa shape index (κ2) is 10.7. The molecular weight excluding hydrogens is 388 g/mol. The molecule has 0 heterocycles. The molecule has 2 rings (SSSR count). The van der Waals surface area contributed by atoms with Crippen LogP contribution in [0.25, 0.3) is 0 Å². The number of ether oxygens (including phenoxy) is 3. The van der Waals surface area contributed by atoms with Gasteiger partial charge in [0, 0.05) is 16.3 Å². The van der Waals surface area contributed by atoms with E-state index in [0.717, 1.165) is 11.3 Å². The molecule has 0 unspecified atom stereocenters. The minimum atomic E-state index is -0.183. The zero-order valence-electron chi connectivity index (χ0n) is 15.3. The Hall–Kier alpha value is -2.38. The smallest absolute Gasteiger partial charge is 0.250 e. The molecule has 0 aromatic heterocycles. The number of rotatable bonds is 9. The van der Waals surface area contributed by atoms with E-state index in [2.05, 4.69) is 10.5 Å². The van der Waals surface area contributed by atoms with Gasteiger partial charge in [-0.05, 0) is 29.8 Å². The van der Waals surface area contributed by atoms with Crippen molar-refractivity contribution >= 4 is 35.5 Å². The van der Waals surface area contributed by atoms with E-state index in [1.54, 1.807) is 12.1 Å². The van der Waals surface area contributed by atoms with Crippen molar-refractivity contribution in [2.24, 2.45) is 5.10 Å². The molecule has 0 radical (unpaired) electrons. The van der Waals surface area contributed by atoms with Gasteiger partial charge in [-0.15, -0.1) is 11.8 Å². The van der Waals surface area contributed by atoms with E-state index >= 15 is 0 Å². The molecule has 0 bridgehead atoms. The molecule has 0 fully saturated rings. The standard InChI is InChI=1S/C19H21ClN2O4S/c1-24-16-8-14(9-17(25-2)19(16)26-3)10-21-22-18(23)12-27-11-13-4-6-15(20)7-5-13/h4-10H,11-12H2,1-3H3,(H,22,23)/b21-10+. The fourth-order valence-electron chi connectivity index (χ4n) is 2.23. The second-order valence-corrected chi connectivity index (χ2v) is 6.79. The number of hydrazone groups is 1. The van der Waals surface area contributed by atoms with E-state index in [0.29, 0.717) is 33.6 Å². The number of thioether (sulfide) groups is 1. The van der Waals surface area contributed by atoms with Crippen LogP contribution in [0.3, 0.4) is 0 Å². The molecule has 1 N–H and O–H groups in total. The van der Waals surface area contributed by atoms with Gasteiger partial charge in [0.05, 0.1) is 33.3 Å². The van der Waals surface area contributed by atoms with Crippen molar-refractivity contribution in [3.05, 3.63) is 52.5 Å². The number of hydrogen-bond acceptors (Lipinski definition) is 6. The minimum absolute atomic E-state index is 0.183. The highest BCUT2D eigenvalue weighted by Gasteiger charge is 2.12. The summed E-state index contributed by atoms with van der Waals surface area (Å²) in [6.07, 6.45) is 1.52. The fourth-order valence-corrected chi connectivity index (χ4v) is 3.14. The van der Waals surface area contributed by atoms with Crippen molar-refractivity contribution in [3.63, 3.8) is 0 Å². The molecule has 0 aliphatic rings. The van der Waals surface area contributed by atoms with Gasteiger partial charge < -0.3 is 14.2 Å². The predicted octanol–water partition coefficient (Wildman–Crippen LogP) is 3.75. The molecule has 0 aliphatic heterocycles. The Morgan fingerprint density at radius 3 is 2.30 bits per heavy atom. The predicted molar refractivity (Wildman–Crippen MR) is 109 cm³/mol. The lowest BCUT2D eigenvalue weighted by Gasteiger charge is -2.12. The summed E-state index contributed by atoms with van der Waals surface area (Å²) in [6.45, 7) is 0. The molecule has 27 heavy (non-hydrogen) atoms. The topological polar surface area (TPSA) is 69.2 Å². The van der Waals surface area contributed by atoms with Crippen LogP contribution in [0, 0.1) is 0 Å². The molecule has 0 saturated carbocycles. The Labute approximate surface area is 167 Å². The van der Waals surface area contributed by atoms with E-state index in [1.165, 1.54) is 39.3 Å². The summed E-state index contributed by atoms with van der Waals surface area (Å²) in [6, 6.07) is 11.0. The number of halogens is 1. The van der Waals surface area contributed by atoms with Gasteiger partial charge in [-0.3, -0.25) is 4.79 Å². The number of benzene rings is 2. The van der Waals surface area contributed by atoms with Crippen LogP contribution in [0.15, 0.2) is 41.5 Å². The fraction of sp³-hybridized carbons (Fsp3) is 0.263. The highest BCUT2D eigenvalue weighted by Crippen LogP contribution is 2.37. The number of nitrogens with zero attached hydrogens (tertiary/aromatic N) is 1. The number of methoxy groups -OCH3 is 3. The SMILES string of the molecule is COc1cc(/C=N/NC(=O)CSCc2ccc(Cl)cc2)cc(OC)c1OC. The van der Waals surface area contributed by atoms with Crippen LogP contribution in [-0.2, 0) is 10.5 Å². The van der Waals surface area contributed by atoms with Crippen molar-refractivity contribution < 1.29 is 19.0 Å². The number of carbonyl (C=O) groups excluding carboxylic acids is 1. The molecule has 0 saturated heterocycles. The van der Waals surface area contributed by atoms with Crippen molar-refractivity contribution in [2.75, 3.05) is 27.1 Å². The Kier molecular flexibility index (Phi) is 8.29. The summed E-state index contributed by atoms with van der Waals surface area (Å²) in [5.74, 6) is 2.37. The summed E-state index contributed by atoms with van der Waals surface area (Å²) < 4.78 is 15.8. The van der Waals surface area contributed by atoms with E-state index < -0.39 is 0 Å². The lowest BCUT2D eigenvalue weighted by Crippen LogP contribution is -2.19. The summed E-state index contributed by atoms with van der Waals surface area (Å²) >= 11 is 7.35. The normalized spacial score (nSPS) is 10.7. The lowest BCUT2D eigenvalue weighted by atomic mass is 10.2. The number of amides is 1. The Bertz CT molecular complexity index is 772. The van der Waals surface area contributed by atoms with Gasteiger partial charge >= 0.3 is 0 Å². The van der Waals surface area contributed by atoms with Gasteiger partial charge in [0.2, 0.25) is 11.7 Å². The van der Waals surface area contributed by atoms with Crippen molar-refractivity contribution in [1.29, 1.82) is 0 Å². The molecule has 0 aliphatic carbocycles. The molecule has 8 heteroatoms. The first-order valence-corrected chi connectivity index (χ1v) is 9.54. The second-order valence-electron chi connectivity index (χ2n) is 5.37. The maximum atomic E-state index is 11.9. The maximum absolute atomic E-state index is 11.9. The van der Waals surface area contributed by atoms with E-state index in [1.807, 2.05) is 24.3 Å². The average molecular weight is 409 g/mol. The monoisotopic (exact) mass is 408 g/mol. The highest BCUT2D eigenvalue weighted by molar-refractivity contribution is 7.99. The van der Waals surface area contributed by atoms with Crippen LogP contribution in [0.1, 0.15) is 11.1 Å². The first-order chi connectivity index (χ1) is 13.1. The van der Waals surface area contributed by atoms with Crippen LogP contribution in [0.4, 0.5) is 0 Å². The number of carbonyl (C=O) groups is 1. The van der Waals surface area contributed by atoms with Gasteiger partial charge in [0.1, 0.15) is 0 Å².